The van der Waals surface area contributed by atoms with Crippen molar-refractivity contribution in [3.05, 3.63) is 191 Å². The van der Waals surface area contributed by atoms with Gasteiger partial charge < -0.3 is 18.8 Å². The van der Waals surface area contributed by atoms with E-state index in [2.05, 4.69) is 82.7 Å². The first kappa shape index (κ1) is 43.5. The fourth-order valence-electron chi connectivity index (χ4n) is 8.05. The van der Waals surface area contributed by atoms with Crippen molar-refractivity contribution in [3.63, 3.8) is 0 Å². The molecule has 0 saturated heterocycles. The van der Waals surface area contributed by atoms with E-state index in [1.165, 1.54) is 29.2 Å². The second kappa shape index (κ2) is 21.8. The van der Waals surface area contributed by atoms with Gasteiger partial charge in [0.15, 0.2) is 5.78 Å². The van der Waals surface area contributed by atoms with Gasteiger partial charge in [-0.1, -0.05) is 148 Å². The van der Waals surface area contributed by atoms with Crippen molar-refractivity contribution in [1.29, 1.82) is 5.26 Å². The normalized spacial score (nSPS) is 13.6. The summed E-state index contributed by atoms with van der Waals surface area (Å²) in [6, 6.07) is 31.0. The van der Waals surface area contributed by atoms with Gasteiger partial charge in [-0.25, -0.2) is 9.64 Å². The van der Waals surface area contributed by atoms with Crippen LogP contribution in [-0.4, -0.2) is 36.6 Å². The molecule has 61 heavy (non-hydrogen) atoms. The molecular weight excluding hydrogens is 755 g/mol. The molecule has 0 N–H and O–H groups in total. The number of benzene rings is 4. The number of esters is 1. The Balaban J connectivity index is 1.44. The number of carbonyl (C=O) groups is 2. The largest absolute Gasteiger partial charge is 0.462 e. The van der Waals surface area contributed by atoms with Crippen LogP contribution in [0.3, 0.4) is 0 Å². The predicted octanol–water partition coefficient (Wildman–Crippen LogP) is 12.8. The molecule has 7 nitrogen and oxygen atoms in total. The number of ketones is 1. The zero-order valence-corrected chi connectivity index (χ0v) is 34.9. The minimum absolute atomic E-state index is 0.0388. The number of ether oxygens (including phenoxy) is 2. The quantitative estimate of drug-likeness (QED) is 0.0195. The zero-order chi connectivity index (χ0) is 43.0. The third-order valence-electron chi connectivity index (χ3n) is 10.9. The molecule has 7 heteroatoms. The first-order valence-corrected chi connectivity index (χ1v) is 20.8. The highest BCUT2D eigenvalue weighted by molar-refractivity contribution is 6.10. The van der Waals surface area contributed by atoms with Crippen molar-refractivity contribution < 1.29 is 19.1 Å². The first-order valence-electron chi connectivity index (χ1n) is 20.8. The maximum Gasteiger partial charge on any atom is 0.348 e. The summed E-state index contributed by atoms with van der Waals surface area (Å²) in [4.78, 5) is 28.9. The lowest BCUT2D eigenvalue weighted by atomic mass is 9.88. The van der Waals surface area contributed by atoms with Crippen molar-refractivity contribution in [2.24, 2.45) is 0 Å². The third-order valence-corrected chi connectivity index (χ3v) is 10.9. The second-order valence-electron chi connectivity index (χ2n) is 15.0. The lowest BCUT2D eigenvalue weighted by Crippen LogP contribution is -2.16. The number of rotatable bonds is 20. The maximum atomic E-state index is 13.1. The summed E-state index contributed by atoms with van der Waals surface area (Å²) in [6.45, 7) is 13.8. The lowest BCUT2D eigenvalue weighted by Gasteiger charge is -2.26. The van der Waals surface area contributed by atoms with Crippen molar-refractivity contribution in [1.82, 2.24) is 4.57 Å². The molecule has 0 amide bonds. The third kappa shape index (κ3) is 10.6. The molecule has 4 aromatic carbocycles. The van der Waals surface area contributed by atoms with Gasteiger partial charge in [-0.2, -0.15) is 5.26 Å². The van der Waals surface area contributed by atoms with E-state index in [4.69, 9.17) is 16.0 Å². The molecule has 6 rings (SSSR count). The van der Waals surface area contributed by atoms with Crippen LogP contribution in [0.2, 0.25) is 0 Å². The number of fused-ring (bicyclic) bond motifs is 6. The van der Waals surface area contributed by atoms with Crippen LogP contribution in [0.4, 0.5) is 0 Å². The van der Waals surface area contributed by atoms with E-state index < -0.39 is 5.97 Å². The van der Waals surface area contributed by atoms with Crippen LogP contribution in [0.25, 0.3) is 49.9 Å². The Morgan fingerprint density at radius 2 is 1.31 bits per heavy atom. The van der Waals surface area contributed by atoms with Crippen LogP contribution >= 0.6 is 0 Å². The Morgan fingerprint density at radius 3 is 1.87 bits per heavy atom. The highest BCUT2D eigenvalue weighted by Gasteiger charge is 2.35. The van der Waals surface area contributed by atoms with E-state index in [0.29, 0.717) is 11.1 Å². The molecule has 0 saturated carbocycles. The summed E-state index contributed by atoms with van der Waals surface area (Å²) in [6.07, 6.45) is 27.0. The molecule has 0 aliphatic heterocycles. The number of hydrogen-bond acceptors (Lipinski definition) is 5. The Morgan fingerprint density at radius 1 is 0.770 bits per heavy atom. The van der Waals surface area contributed by atoms with Crippen molar-refractivity contribution in [2.75, 3.05) is 20.3 Å². The molecule has 1 atom stereocenters. The van der Waals surface area contributed by atoms with E-state index in [1.807, 2.05) is 72.9 Å². The van der Waals surface area contributed by atoms with E-state index in [-0.39, 0.29) is 35.6 Å². The Hall–Kier alpha value is -7.06. The topological polar surface area (TPSA) is 85.7 Å². The lowest BCUT2D eigenvalue weighted by molar-refractivity contribution is -0.138. The van der Waals surface area contributed by atoms with Gasteiger partial charge >= 0.3 is 5.97 Å². The number of nitriles is 1. The summed E-state index contributed by atoms with van der Waals surface area (Å²) in [7, 11) is 1.71. The van der Waals surface area contributed by atoms with Crippen molar-refractivity contribution in [3.8, 4) is 17.2 Å². The van der Waals surface area contributed by atoms with E-state index in [1.54, 1.807) is 25.3 Å². The van der Waals surface area contributed by atoms with Gasteiger partial charge in [0.2, 0.25) is 5.70 Å². The van der Waals surface area contributed by atoms with Crippen LogP contribution in [-0.2, 0) is 19.1 Å². The molecular formula is C54H51N3O4. The molecule has 0 spiro atoms. The highest BCUT2D eigenvalue weighted by Crippen LogP contribution is 2.51. The van der Waals surface area contributed by atoms with E-state index >= 15 is 0 Å². The summed E-state index contributed by atoms with van der Waals surface area (Å²) < 4.78 is 13.0. The molecule has 1 heterocycles. The van der Waals surface area contributed by atoms with E-state index in [0.717, 1.165) is 66.9 Å². The number of hydrogen-bond donors (Lipinski definition) is 0. The maximum absolute atomic E-state index is 13.1. The van der Waals surface area contributed by atoms with Gasteiger partial charge in [0.25, 0.3) is 0 Å². The number of Topliss-reactive ketones (excluding diaryl/α,β-unsaturated/α-hetero) is 1. The summed E-state index contributed by atoms with van der Waals surface area (Å²) in [5, 5.41) is 11.9. The fraction of sp³-hybridized carbons (Fsp3) is 0.222. The minimum Gasteiger partial charge on any atom is -0.462 e. The van der Waals surface area contributed by atoms with Gasteiger partial charge in [0.1, 0.15) is 11.6 Å². The highest BCUT2D eigenvalue weighted by atomic mass is 16.5. The predicted molar refractivity (Wildman–Crippen MR) is 248 cm³/mol. The van der Waals surface area contributed by atoms with Gasteiger partial charge in [-0.15, -0.1) is 0 Å². The molecule has 1 aliphatic carbocycles. The molecule has 1 aromatic heterocycles. The molecule has 5 aromatic rings. The van der Waals surface area contributed by atoms with Crippen LogP contribution < -0.4 is 0 Å². The molecule has 0 radical (unpaired) electrons. The summed E-state index contributed by atoms with van der Waals surface area (Å²) in [5.41, 5.74) is 8.14. The molecule has 0 bridgehead atoms. The van der Waals surface area contributed by atoms with Crippen LogP contribution in [0, 0.1) is 17.9 Å². The zero-order valence-electron chi connectivity index (χ0n) is 34.9. The molecule has 0 fully saturated rings. The molecule has 306 valence electrons. The Kier molecular flexibility index (Phi) is 15.6. The number of allylic oxidation sites excluding steroid dienone is 10. The average molecular weight is 806 g/mol. The summed E-state index contributed by atoms with van der Waals surface area (Å²) in [5.74, 6) is -0.984. The standard InChI is InChI=1S/C54H51N3O4/c1-5-6-7-8-9-10-13-16-27-52(53-45-25-19-17-23-43(45)44-24-18-20-26-46(44)53)57-50-30-28-40(34-42(38-55)54(59)61-33-22-15-12-11-14-21-32-60-4)35-47(50)48-36-41(29-31-51(48)57)37-49(56-3)39(2)58/h5-10,13,16-20,23-31,34-37,52-53H,1,11-12,14-15,21-22,32-33H2,2,4H3/b7-6+,9-8+,13-10+,27-16-,42-34+,49-37-. The smallest absolute Gasteiger partial charge is 0.348 e. The first-order chi connectivity index (χ1) is 29.9. The van der Waals surface area contributed by atoms with Gasteiger partial charge in [-0.05, 0) is 89.6 Å². The van der Waals surface area contributed by atoms with Crippen LogP contribution in [0.5, 0.6) is 0 Å². The van der Waals surface area contributed by atoms with Crippen molar-refractivity contribution in [2.45, 2.75) is 57.4 Å². The second-order valence-corrected chi connectivity index (χ2v) is 15.0. The number of unbranched alkanes of at least 4 members (excludes halogenated alkanes) is 5. The molecule has 1 aliphatic rings. The average Bonchev–Trinajstić information content (AvgIpc) is 3.78. The van der Waals surface area contributed by atoms with Gasteiger partial charge in [-0.3, -0.25) is 0 Å². The Bertz CT molecular complexity index is 2630. The monoisotopic (exact) mass is 805 g/mol. The van der Waals surface area contributed by atoms with E-state index in [9.17, 15) is 14.9 Å². The molecule has 1 unspecified atom stereocenters. The van der Waals surface area contributed by atoms with Crippen LogP contribution in [0.1, 0.15) is 79.7 Å². The van der Waals surface area contributed by atoms with Gasteiger partial charge in [0, 0.05) is 41.4 Å². The minimum atomic E-state index is -0.642. The van der Waals surface area contributed by atoms with Crippen LogP contribution in [0.15, 0.2) is 157 Å². The number of methoxy groups -OCH3 is 1. The number of nitrogens with zero attached hydrogens (tertiary/aromatic N) is 3. The SMILES string of the molecule is [C-]#[N+]/C(=C\c1ccc2c(c1)c1cc(/C=C(\C#N)C(=O)OCCCCCCCCOC)ccc1n2C(\C=C/C=C/C=C/C=C/C=C)C1c2ccccc2-c2ccccc21)C(C)=O. The fourth-order valence-corrected chi connectivity index (χ4v) is 8.05. The summed E-state index contributed by atoms with van der Waals surface area (Å²) >= 11 is 0. The number of carbonyl (C=O) groups excluding carboxylic acids is 2. The number of aromatic nitrogens is 1. The van der Waals surface area contributed by atoms with Crippen molar-refractivity contribution >= 4 is 45.7 Å². The Labute approximate surface area is 359 Å². The van der Waals surface area contributed by atoms with Gasteiger partial charge in [0.05, 0.1) is 19.2 Å².